The van der Waals surface area contributed by atoms with Gasteiger partial charge in [-0.25, -0.2) is 4.79 Å². The van der Waals surface area contributed by atoms with Crippen molar-refractivity contribution in [3.63, 3.8) is 0 Å². The molecule has 0 bridgehead atoms. The molecule has 2 aromatic rings. The molecule has 150 valence electrons. The van der Waals surface area contributed by atoms with E-state index in [-0.39, 0.29) is 12.6 Å². The van der Waals surface area contributed by atoms with Crippen molar-refractivity contribution in [1.82, 2.24) is 0 Å². The summed E-state index contributed by atoms with van der Waals surface area (Å²) >= 11 is 0. The quantitative estimate of drug-likeness (QED) is 0.574. The van der Waals surface area contributed by atoms with Crippen LogP contribution >= 0.6 is 0 Å². The lowest BCUT2D eigenvalue weighted by Crippen LogP contribution is -2.41. The Hall–Kier alpha value is -2.82. The second-order valence-corrected chi connectivity index (χ2v) is 7.93. The van der Waals surface area contributed by atoms with Crippen molar-refractivity contribution in [3.8, 4) is 11.8 Å². The highest BCUT2D eigenvalue weighted by Crippen LogP contribution is 2.36. The van der Waals surface area contributed by atoms with Gasteiger partial charge in [0.1, 0.15) is 18.4 Å². The van der Waals surface area contributed by atoms with Crippen molar-refractivity contribution >= 4 is 18.6 Å². The first-order valence-electron chi connectivity index (χ1n) is 9.36. The molecule has 3 rings (SSSR count). The lowest BCUT2D eigenvalue weighted by Gasteiger charge is -2.32. The van der Waals surface area contributed by atoms with Crippen LogP contribution in [0.2, 0.25) is 0 Å². The van der Waals surface area contributed by atoms with Gasteiger partial charge in [-0.05, 0) is 63.0 Å². The van der Waals surface area contributed by atoms with Crippen LogP contribution in [0, 0.1) is 11.3 Å². The van der Waals surface area contributed by atoms with Gasteiger partial charge in [0.2, 0.25) is 0 Å². The molecule has 0 radical (unpaired) electrons. The van der Waals surface area contributed by atoms with E-state index >= 15 is 0 Å². The minimum atomic E-state index is -0.535. The van der Waals surface area contributed by atoms with Crippen LogP contribution in [0.15, 0.2) is 42.5 Å². The summed E-state index contributed by atoms with van der Waals surface area (Å²) in [6, 6.07) is 14.4. The van der Waals surface area contributed by atoms with Crippen molar-refractivity contribution in [2.45, 2.75) is 45.5 Å². The fraction of sp³-hybridized carbons (Fsp3) is 0.364. The van der Waals surface area contributed by atoms with E-state index in [4.69, 9.17) is 14.0 Å². The average molecular weight is 393 g/mol. The second kappa shape index (κ2) is 7.90. The third-order valence-electron chi connectivity index (χ3n) is 5.42. The molecule has 1 aliphatic heterocycles. The van der Waals surface area contributed by atoms with E-state index in [1.807, 2.05) is 33.8 Å². The Balaban J connectivity index is 1.72. The number of carbonyl (C=O) groups is 1. The van der Waals surface area contributed by atoms with E-state index in [2.05, 4.69) is 10.8 Å². The molecule has 1 heterocycles. The van der Waals surface area contributed by atoms with Crippen molar-refractivity contribution in [2.75, 3.05) is 7.11 Å². The molecule has 0 amide bonds. The van der Waals surface area contributed by atoms with Crippen LogP contribution in [0.4, 0.5) is 0 Å². The van der Waals surface area contributed by atoms with E-state index in [0.717, 1.165) is 11.0 Å². The number of rotatable bonds is 5. The van der Waals surface area contributed by atoms with Crippen LogP contribution in [-0.4, -0.2) is 31.4 Å². The molecular weight excluding hydrogens is 369 g/mol. The molecule has 0 N–H and O–H groups in total. The summed E-state index contributed by atoms with van der Waals surface area (Å²) in [4.78, 5) is 11.5. The molecule has 0 unspecified atom stereocenters. The van der Waals surface area contributed by atoms with Crippen LogP contribution in [0.25, 0.3) is 0 Å². The zero-order valence-electron chi connectivity index (χ0n) is 17.3. The Kier molecular flexibility index (Phi) is 5.69. The predicted octanol–water partition coefficient (Wildman–Crippen LogP) is 3.22. The standard InChI is InChI=1S/C22H24BNO5/c1-21(2)22(3,4)29-23(28-21)18-10-11-19(17(12-18)13-24)27-14-15-6-8-16(9-7-15)20(25)26-5/h6-12H,14H2,1-5H3. The van der Waals surface area contributed by atoms with E-state index < -0.39 is 18.3 Å². The molecule has 0 aliphatic carbocycles. The topological polar surface area (TPSA) is 77.8 Å². The third-order valence-corrected chi connectivity index (χ3v) is 5.42. The van der Waals surface area contributed by atoms with Gasteiger partial charge in [-0.2, -0.15) is 5.26 Å². The SMILES string of the molecule is COC(=O)c1ccc(COc2ccc(B3OC(C)(C)C(C)(C)O3)cc2C#N)cc1. The number of carbonyl (C=O) groups excluding carboxylic acids is 1. The third kappa shape index (κ3) is 4.29. The Morgan fingerprint density at radius 2 is 1.69 bits per heavy atom. The van der Waals surface area contributed by atoms with E-state index in [1.165, 1.54) is 7.11 Å². The Labute approximate surface area is 171 Å². The number of ether oxygens (including phenoxy) is 2. The monoisotopic (exact) mass is 393 g/mol. The highest BCUT2D eigenvalue weighted by molar-refractivity contribution is 6.62. The number of benzene rings is 2. The predicted molar refractivity (Wildman–Crippen MR) is 109 cm³/mol. The number of hydrogen-bond acceptors (Lipinski definition) is 6. The highest BCUT2D eigenvalue weighted by atomic mass is 16.7. The fourth-order valence-electron chi connectivity index (χ4n) is 2.90. The summed E-state index contributed by atoms with van der Waals surface area (Å²) in [6.45, 7) is 8.22. The van der Waals surface area contributed by atoms with Gasteiger partial charge < -0.3 is 18.8 Å². The first-order chi connectivity index (χ1) is 13.7. The largest absolute Gasteiger partial charge is 0.494 e. The number of nitrogens with zero attached hydrogens (tertiary/aromatic N) is 1. The minimum absolute atomic E-state index is 0.270. The van der Waals surface area contributed by atoms with Gasteiger partial charge in [-0.3, -0.25) is 0 Å². The van der Waals surface area contributed by atoms with Gasteiger partial charge in [0, 0.05) is 0 Å². The van der Waals surface area contributed by atoms with Crippen LogP contribution in [-0.2, 0) is 20.7 Å². The van der Waals surface area contributed by atoms with Crippen LogP contribution in [0.5, 0.6) is 5.75 Å². The lowest BCUT2D eigenvalue weighted by atomic mass is 9.78. The van der Waals surface area contributed by atoms with Gasteiger partial charge in [0.05, 0.1) is 29.4 Å². The van der Waals surface area contributed by atoms with Crippen molar-refractivity contribution in [3.05, 3.63) is 59.2 Å². The van der Waals surface area contributed by atoms with Gasteiger partial charge >= 0.3 is 13.1 Å². The Morgan fingerprint density at radius 3 is 2.24 bits per heavy atom. The second-order valence-electron chi connectivity index (χ2n) is 7.93. The number of esters is 1. The maximum Gasteiger partial charge on any atom is 0.494 e. The fourth-order valence-corrected chi connectivity index (χ4v) is 2.90. The van der Waals surface area contributed by atoms with Crippen molar-refractivity contribution in [2.24, 2.45) is 0 Å². The average Bonchev–Trinajstić information content (AvgIpc) is 2.93. The van der Waals surface area contributed by atoms with E-state index in [1.54, 1.807) is 36.4 Å². The molecule has 7 heteroatoms. The van der Waals surface area contributed by atoms with E-state index in [9.17, 15) is 10.1 Å². The first kappa shape index (κ1) is 20.9. The number of methoxy groups -OCH3 is 1. The summed E-state index contributed by atoms with van der Waals surface area (Å²) in [5.74, 6) is 0.0901. The summed E-state index contributed by atoms with van der Waals surface area (Å²) in [5, 5.41) is 9.55. The molecular formula is C22H24BNO5. The maximum absolute atomic E-state index is 11.5. The summed E-state index contributed by atoms with van der Waals surface area (Å²) in [6.07, 6.45) is 0. The zero-order valence-corrected chi connectivity index (χ0v) is 17.3. The zero-order chi connectivity index (χ0) is 21.2. The molecule has 1 aliphatic rings. The maximum atomic E-state index is 11.5. The summed E-state index contributed by atoms with van der Waals surface area (Å²) < 4.78 is 22.6. The van der Waals surface area contributed by atoms with Gasteiger partial charge in [0.25, 0.3) is 0 Å². The molecule has 1 fully saturated rings. The number of hydrogen-bond donors (Lipinski definition) is 0. The van der Waals surface area contributed by atoms with Gasteiger partial charge in [-0.15, -0.1) is 0 Å². The molecule has 1 saturated heterocycles. The van der Waals surface area contributed by atoms with Gasteiger partial charge in [0.15, 0.2) is 0 Å². The molecule has 6 nitrogen and oxygen atoms in total. The molecule has 29 heavy (non-hydrogen) atoms. The van der Waals surface area contributed by atoms with Crippen molar-refractivity contribution in [1.29, 1.82) is 5.26 Å². The summed E-state index contributed by atoms with van der Waals surface area (Å²) in [7, 11) is 0.808. The molecule has 0 spiro atoms. The smallest absolute Gasteiger partial charge is 0.488 e. The molecule has 0 atom stereocenters. The first-order valence-corrected chi connectivity index (χ1v) is 9.36. The number of nitriles is 1. The highest BCUT2D eigenvalue weighted by Gasteiger charge is 2.51. The minimum Gasteiger partial charge on any atom is -0.488 e. The van der Waals surface area contributed by atoms with Crippen LogP contribution in [0.1, 0.15) is 49.2 Å². The van der Waals surface area contributed by atoms with Gasteiger partial charge in [-0.1, -0.05) is 18.2 Å². The Bertz CT molecular complexity index is 931. The van der Waals surface area contributed by atoms with Crippen LogP contribution < -0.4 is 10.2 Å². The normalized spacial score (nSPS) is 16.9. The molecule has 2 aromatic carbocycles. The molecule has 0 aromatic heterocycles. The summed E-state index contributed by atoms with van der Waals surface area (Å²) in [5.41, 5.74) is 1.63. The Morgan fingerprint density at radius 1 is 1.07 bits per heavy atom. The van der Waals surface area contributed by atoms with Crippen LogP contribution in [0.3, 0.4) is 0 Å². The lowest BCUT2D eigenvalue weighted by molar-refractivity contribution is 0.00578. The van der Waals surface area contributed by atoms with Crippen molar-refractivity contribution < 1.29 is 23.6 Å². The molecule has 0 saturated carbocycles. The van der Waals surface area contributed by atoms with E-state index in [0.29, 0.717) is 16.9 Å².